The van der Waals surface area contributed by atoms with Crippen LogP contribution in [0.25, 0.3) is 0 Å². The van der Waals surface area contributed by atoms with Gasteiger partial charge in [-0.3, -0.25) is 0 Å². The Balaban J connectivity index is 2.03. The first kappa shape index (κ1) is 14.0. The van der Waals surface area contributed by atoms with Crippen molar-refractivity contribution in [3.05, 3.63) is 35.1 Å². The Hall–Kier alpha value is -1.44. The Morgan fingerprint density at radius 3 is 2.68 bits per heavy atom. The third-order valence-electron chi connectivity index (χ3n) is 3.93. The molecule has 0 unspecified atom stereocenters. The van der Waals surface area contributed by atoms with Crippen LogP contribution in [0.5, 0.6) is 0 Å². The van der Waals surface area contributed by atoms with Gasteiger partial charge in [0, 0.05) is 12.1 Å². The van der Waals surface area contributed by atoms with E-state index in [1.54, 1.807) is 12.1 Å². The SMILES string of the molecule is N#Cc1cc(CNC2(CO)CCCCC2)ccc1F. The van der Waals surface area contributed by atoms with Crippen molar-refractivity contribution in [2.24, 2.45) is 0 Å². The second kappa shape index (κ2) is 6.14. The fourth-order valence-corrected chi connectivity index (χ4v) is 2.68. The monoisotopic (exact) mass is 262 g/mol. The molecule has 0 spiro atoms. The smallest absolute Gasteiger partial charge is 0.140 e. The lowest BCUT2D eigenvalue weighted by Crippen LogP contribution is -2.49. The first-order valence-corrected chi connectivity index (χ1v) is 6.73. The minimum absolute atomic E-state index is 0.0704. The van der Waals surface area contributed by atoms with Gasteiger partial charge in [-0.2, -0.15) is 5.26 Å². The summed E-state index contributed by atoms with van der Waals surface area (Å²) in [5.74, 6) is -0.485. The van der Waals surface area contributed by atoms with E-state index in [0.29, 0.717) is 6.54 Å². The summed E-state index contributed by atoms with van der Waals surface area (Å²) in [5, 5.41) is 21.8. The van der Waals surface area contributed by atoms with Crippen molar-refractivity contribution < 1.29 is 9.50 Å². The van der Waals surface area contributed by atoms with Gasteiger partial charge in [0.2, 0.25) is 0 Å². The highest BCUT2D eigenvalue weighted by Crippen LogP contribution is 2.28. The molecule has 2 N–H and O–H groups in total. The van der Waals surface area contributed by atoms with Crippen LogP contribution in [0.15, 0.2) is 18.2 Å². The summed E-state index contributed by atoms with van der Waals surface area (Å²) in [4.78, 5) is 0. The number of rotatable bonds is 4. The third-order valence-corrected chi connectivity index (χ3v) is 3.93. The lowest BCUT2D eigenvalue weighted by Gasteiger charge is -2.36. The van der Waals surface area contributed by atoms with E-state index in [-0.39, 0.29) is 17.7 Å². The van der Waals surface area contributed by atoms with Crippen LogP contribution in [0.2, 0.25) is 0 Å². The van der Waals surface area contributed by atoms with Crippen LogP contribution in [0.4, 0.5) is 4.39 Å². The number of benzene rings is 1. The number of nitriles is 1. The van der Waals surface area contributed by atoms with Gasteiger partial charge in [-0.15, -0.1) is 0 Å². The van der Waals surface area contributed by atoms with E-state index in [1.165, 1.54) is 12.5 Å². The molecule has 3 nitrogen and oxygen atoms in total. The third kappa shape index (κ3) is 3.31. The quantitative estimate of drug-likeness (QED) is 0.876. The molecular weight excluding hydrogens is 243 g/mol. The Labute approximate surface area is 113 Å². The van der Waals surface area contributed by atoms with E-state index in [1.807, 2.05) is 6.07 Å². The Kier molecular flexibility index (Phi) is 4.52. The van der Waals surface area contributed by atoms with E-state index in [0.717, 1.165) is 31.2 Å². The number of aliphatic hydroxyl groups is 1. The fourth-order valence-electron chi connectivity index (χ4n) is 2.68. The summed E-state index contributed by atoms with van der Waals surface area (Å²) in [6.45, 7) is 0.675. The topological polar surface area (TPSA) is 56.0 Å². The molecule has 0 saturated heterocycles. The zero-order valence-electron chi connectivity index (χ0n) is 11.0. The Bertz CT molecular complexity index is 476. The van der Waals surface area contributed by atoms with Crippen LogP contribution in [0.1, 0.15) is 43.2 Å². The fraction of sp³-hybridized carbons (Fsp3) is 0.533. The molecule has 0 aliphatic heterocycles. The molecule has 1 aliphatic rings. The Morgan fingerprint density at radius 1 is 1.32 bits per heavy atom. The number of nitrogens with zero attached hydrogens (tertiary/aromatic N) is 1. The molecule has 0 amide bonds. The van der Waals surface area contributed by atoms with Crippen LogP contribution >= 0.6 is 0 Å². The second-order valence-electron chi connectivity index (χ2n) is 5.28. The predicted octanol–water partition coefficient (Wildman–Crippen LogP) is 2.48. The molecule has 102 valence electrons. The van der Waals surface area contributed by atoms with Crippen LogP contribution in [0, 0.1) is 17.1 Å². The second-order valence-corrected chi connectivity index (χ2v) is 5.28. The average molecular weight is 262 g/mol. The van der Waals surface area contributed by atoms with Gasteiger partial charge in [-0.1, -0.05) is 25.3 Å². The molecule has 1 aliphatic carbocycles. The summed E-state index contributed by atoms with van der Waals surface area (Å²) >= 11 is 0. The molecule has 0 atom stereocenters. The van der Waals surface area contributed by atoms with E-state index in [4.69, 9.17) is 5.26 Å². The molecule has 4 heteroatoms. The molecule has 1 aromatic carbocycles. The van der Waals surface area contributed by atoms with Crippen LogP contribution in [-0.4, -0.2) is 17.3 Å². The van der Waals surface area contributed by atoms with Crippen molar-refractivity contribution in [2.75, 3.05) is 6.61 Å². The minimum atomic E-state index is -0.485. The largest absolute Gasteiger partial charge is 0.394 e. The van der Waals surface area contributed by atoms with E-state index >= 15 is 0 Å². The number of hydrogen-bond acceptors (Lipinski definition) is 3. The van der Waals surface area contributed by atoms with E-state index in [9.17, 15) is 9.50 Å². The first-order valence-electron chi connectivity index (χ1n) is 6.73. The predicted molar refractivity (Wildman–Crippen MR) is 70.9 cm³/mol. The summed E-state index contributed by atoms with van der Waals surface area (Å²) in [6.07, 6.45) is 5.41. The van der Waals surface area contributed by atoms with Crippen LogP contribution in [-0.2, 0) is 6.54 Å². The maximum Gasteiger partial charge on any atom is 0.140 e. The van der Waals surface area contributed by atoms with E-state index in [2.05, 4.69) is 5.32 Å². The van der Waals surface area contributed by atoms with Gasteiger partial charge >= 0.3 is 0 Å². The molecule has 1 fully saturated rings. The van der Waals surface area contributed by atoms with Crippen molar-refractivity contribution in [3.63, 3.8) is 0 Å². The van der Waals surface area contributed by atoms with Crippen molar-refractivity contribution in [1.82, 2.24) is 5.32 Å². The molecule has 19 heavy (non-hydrogen) atoms. The van der Waals surface area contributed by atoms with Crippen LogP contribution in [0.3, 0.4) is 0 Å². The van der Waals surface area contributed by atoms with Gasteiger partial charge in [-0.05, 0) is 30.5 Å². The molecule has 0 bridgehead atoms. The summed E-state index contributed by atoms with van der Waals surface area (Å²) in [6, 6.07) is 6.41. The van der Waals surface area contributed by atoms with Crippen molar-refractivity contribution in [2.45, 2.75) is 44.2 Å². The molecule has 1 saturated carbocycles. The number of hydrogen-bond donors (Lipinski definition) is 2. The van der Waals surface area contributed by atoms with Gasteiger partial charge < -0.3 is 10.4 Å². The van der Waals surface area contributed by atoms with E-state index < -0.39 is 5.82 Å². The number of aliphatic hydroxyl groups excluding tert-OH is 1. The number of nitrogens with one attached hydrogen (secondary N) is 1. The van der Waals surface area contributed by atoms with Crippen molar-refractivity contribution in [1.29, 1.82) is 5.26 Å². The molecule has 0 aromatic heterocycles. The summed E-state index contributed by atoms with van der Waals surface area (Å²) in [7, 11) is 0. The summed E-state index contributed by atoms with van der Waals surface area (Å²) in [5.41, 5.74) is 0.733. The molecule has 1 aromatic rings. The van der Waals surface area contributed by atoms with Gasteiger partial charge in [0.05, 0.1) is 12.2 Å². The maximum atomic E-state index is 13.2. The zero-order chi connectivity index (χ0) is 13.7. The average Bonchev–Trinajstić information content (AvgIpc) is 2.47. The van der Waals surface area contributed by atoms with Gasteiger partial charge in [0.1, 0.15) is 11.9 Å². The normalized spacial score (nSPS) is 17.9. The lowest BCUT2D eigenvalue weighted by molar-refractivity contribution is 0.119. The zero-order valence-corrected chi connectivity index (χ0v) is 11.0. The molecule has 0 heterocycles. The van der Waals surface area contributed by atoms with Gasteiger partial charge in [-0.25, -0.2) is 4.39 Å². The highest BCUT2D eigenvalue weighted by atomic mass is 19.1. The standard InChI is InChI=1S/C15H19FN2O/c16-14-5-4-12(8-13(14)9-17)10-18-15(11-19)6-2-1-3-7-15/h4-5,8,18-19H,1-3,6-7,10-11H2. The Morgan fingerprint density at radius 2 is 2.05 bits per heavy atom. The molecular formula is C15H19FN2O. The highest BCUT2D eigenvalue weighted by Gasteiger charge is 2.30. The summed E-state index contributed by atoms with van der Waals surface area (Å²) < 4.78 is 13.2. The first-order chi connectivity index (χ1) is 9.19. The maximum absolute atomic E-state index is 13.2. The van der Waals surface area contributed by atoms with Crippen LogP contribution < -0.4 is 5.32 Å². The van der Waals surface area contributed by atoms with Crippen molar-refractivity contribution in [3.8, 4) is 6.07 Å². The minimum Gasteiger partial charge on any atom is -0.394 e. The number of halogens is 1. The molecule has 0 radical (unpaired) electrons. The van der Waals surface area contributed by atoms with Crippen molar-refractivity contribution >= 4 is 0 Å². The lowest BCUT2D eigenvalue weighted by atomic mass is 9.82. The highest BCUT2D eigenvalue weighted by molar-refractivity contribution is 5.34. The van der Waals surface area contributed by atoms with Gasteiger partial charge in [0.25, 0.3) is 0 Å². The molecule has 2 rings (SSSR count). The van der Waals surface area contributed by atoms with Gasteiger partial charge in [0.15, 0.2) is 0 Å².